The SMILES string of the molecule is Cc1ccc(CN(CC(=O)O)C(=O)c2cnc(N3CCCC3c3ccc(Cl)cc3)nc2CCc2ccc(C(C)C)cc2)cc1. The lowest BCUT2D eigenvalue weighted by atomic mass is 9.99. The summed E-state index contributed by atoms with van der Waals surface area (Å²) in [7, 11) is 0. The number of carboxylic acid groups (broad SMARTS) is 1. The summed E-state index contributed by atoms with van der Waals surface area (Å²) >= 11 is 6.15. The normalized spacial score (nSPS) is 14.7. The van der Waals surface area contributed by atoms with Crippen molar-refractivity contribution in [2.24, 2.45) is 0 Å². The second kappa shape index (κ2) is 14.0. The third-order valence-electron chi connectivity index (χ3n) is 8.25. The van der Waals surface area contributed by atoms with E-state index in [2.05, 4.69) is 43.0 Å². The summed E-state index contributed by atoms with van der Waals surface area (Å²) in [6.45, 7) is 6.89. The van der Waals surface area contributed by atoms with Gasteiger partial charge in [-0.2, -0.15) is 0 Å². The van der Waals surface area contributed by atoms with Crippen LogP contribution in [-0.4, -0.2) is 44.9 Å². The second-order valence-electron chi connectivity index (χ2n) is 11.9. The van der Waals surface area contributed by atoms with Crippen LogP contribution in [0.2, 0.25) is 5.02 Å². The van der Waals surface area contributed by atoms with E-state index in [1.165, 1.54) is 10.5 Å². The number of carbonyl (C=O) groups is 2. The van der Waals surface area contributed by atoms with E-state index in [1.807, 2.05) is 55.5 Å². The van der Waals surface area contributed by atoms with Crippen LogP contribution in [0.4, 0.5) is 5.95 Å². The van der Waals surface area contributed by atoms with E-state index in [0.29, 0.717) is 41.0 Å². The Kier molecular flexibility index (Phi) is 9.95. The van der Waals surface area contributed by atoms with Crippen molar-refractivity contribution in [2.75, 3.05) is 18.0 Å². The van der Waals surface area contributed by atoms with Gasteiger partial charge in [0.1, 0.15) is 6.54 Å². The van der Waals surface area contributed by atoms with Gasteiger partial charge in [-0.05, 0) is 72.9 Å². The molecule has 7 nitrogen and oxygen atoms in total. The maximum Gasteiger partial charge on any atom is 0.323 e. The zero-order chi connectivity index (χ0) is 31.2. The first-order valence-electron chi connectivity index (χ1n) is 15.2. The lowest BCUT2D eigenvalue weighted by molar-refractivity contribution is -0.137. The van der Waals surface area contributed by atoms with E-state index in [1.54, 1.807) is 6.20 Å². The third kappa shape index (κ3) is 7.64. The van der Waals surface area contributed by atoms with Crippen molar-refractivity contribution in [3.05, 3.63) is 123 Å². The topological polar surface area (TPSA) is 86.6 Å². The molecular formula is C36H39ClN4O3. The molecule has 0 aliphatic carbocycles. The van der Waals surface area contributed by atoms with Crippen LogP contribution >= 0.6 is 11.6 Å². The summed E-state index contributed by atoms with van der Waals surface area (Å²) in [6.07, 6.45) is 4.75. The van der Waals surface area contributed by atoms with Crippen LogP contribution < -0.4 is 4.90 Å². The molecule has 1 aromatic heterocycles. The molecule has 1 N–H and O–H groups in total. The number of amides is 1. The minimum Gasteiger partial charge on any atom is -0.480 e. The Bertz CT molecular complexity index is 1590. The van der Waals surface area contributed by atoms with E-state index in [9.17, 15) is 14.7 Å². The number of anilines is 1. The molecule has 1 fully saturated rings. The first kappa shape index (κ1) is 31.2. The molecule has 3 aromatic carbocycles. The molecule has 44 heavy (non-hydrogen) atoms. The average molecular weight is 611 g/mol. The molecule has 0 bridgehead atoms. The highest BCUT2D eigenvalue weighted by Gasteiger charge is 2.30. The van der Waals surface area contributed by atoms with Crippen LogP contribution in [0.1, 0.15) is 82.5 Å². The predicted octanol–water partition coefficient (Wildman–Crippen LogP) is 7.42. The number of benzene rings is 3. The first-order chi connectivity index (χ1) is 21.2. The number of aliphatic carboxylic acids is 1. The van der Waals surface area contributed by atoms with Gasteiger partial charge in [-0.3, -0.25) is 9.59 Å². The average Bonchev–Trinajstić information content (AvgIpc) is 3.51. The summed E-state index contributed by atoms with van der Waals surface area (Å²) in [5.74, 6) is -0.439. The van der Waals surface area contributed by atoms with E-state index < -0.39 is 12.5 Å². The van der Waals surface area contributed by atoms with Crippen molar-refractivity contribution >= 4 is 29.4 Å². The lowest BCUT2D eigenvalue weighted by Crippen LogP contribution is -2.36. The van der Waals surface area contributed by atoms with Gasteiger partial charge >= 0.3 is 5.97 Å². The predicted molar refractivity (Wildman–Crippen MR) is 174 cm³/mol. The number of aryl methyl sites for hydroxylation is 3. The number of halogens is 1. The molecule has 1 saturated heterocycles. The van der Waals surface area contributed by atoms with E-state index >= 15 is 0 Å². The van der Waals surface area contributed by atoms with Gasteiger partial charge in [-0.1, -0.05) is 91.7 Å². The molecule has 1 aliphatic heterocycles. The molecule has 0 radical (unpaired) electrons. The summed E-state index contributed by atoms with van der Waals surface area (Å²) < 4.78 is 0. The highest BCUT2D eigenvalue weighted by atomic mass is 35.5. The smallest absolute Gasteiger partial charge is 0.323 e. The van der Waals surface area contributed by atoms with Crippen LogP contribution in [0.5, 0.6) is 0 Å². The Morgan fingerprint density at radius 1 is 0.977 bits per heavy atom. The van der Waals surface area contributed by atoms with Crippen molar-refractivity contribution in [1.82, 2.24) is 14.9 Å². The maximum absolute atomic E-state index is 14.0. The summed E-state index contributed by atoms with van der Waals surface area (Å²) in [5.41, 5.74) is 6.48. The van der Waals surface area contributed by atoms with Gasteiger partial charge in [0.15, 0.2) is 0 Å². The fraction of sp³-hybridized carbons (Fsp3) is 0.333. The monoisotopic (exact) mass is 610 g/mol. The lowest BCUT2D eigenvalue weighted by Gasteiger charge is -2.27. The van der Waals surface area contributed by atoms with Crippen LogP contribution in [0.15, 0.2) is 79.0 Å². The number of aromatic nitrogens is 2. The Balaban J connectivity index is 1.47. The van der Waals surface area contributed by atoms with Gasteiger partial charge in [-0.15, -0.1) is 0 Å². The second-order valence-corrected chi connectivity index (χ2v) is 12.3. The van der Waals surface area contributed by atoms with E-state index in [4.69, 9.17) is 21.6 Å². The molecule has 1 atom stereocenters. The number of carboxylic acids is 1. The molecule has 8 heteroatoms. The van der Waals surface area contributed by atoms with Crippen LogP contribution in [0, 0.1) is 6.92 Å². The number of carbonyl (C=O) groups excluding carboxylic acids is 1. The minimum absolute atomic E-state index is 0.107. The summed E-state index contributed by atoms with van der Waals surface area (Å²) in [5, 5.41) is 10.4. The van der Waals surface area contributed by atoms with Crippen molar-refractivity contribution < 1.29 is 14.7 Å². The van der Waals surface area contributed by atoms with Crippen LogP contribution in [0.25, 0.3) is 0 Å². The fourth-order valence-electron chi connectivity index (χ4n) is 5.73. The standard InChI is InChI=1S/C36H39ClN4O3/c1-24(2)28-13-10-26(11-14-28)12-19-32-31(35(44)40(23-34(42)43)22-27-8-6-25(3)7-9-27)21-38-36(39-32)41-20-4-5-33(41)29-15-17-30(37)18-16-29/h6-11,13-18,21,24,33H,4-5,12,19-20,22-23H2,1-3H3,(H,42,43). The summed E-state index contributed by atoms with van der Waals surface area (Å²) in [4.78, 5) is 39.1. The molecule has 228 valence electrons. The van der Waals surface area contributed by atoms with Crippen molar-refractivity contribution in [3.8, 4) is 0 Å². The molecule has 1 amide bonds. The molecule has 0 saturated carbocycles. The quantitative estimate of drug-likeness (QED) is 0.190. The summed E-state index contributed by atoms with van der Waals surface area (Å²) in [6, 6.07) is 24.3. The van der Waals surface area contributed by atoms with Gasteiger partial charge in [0, 0.05) is 24.3 Å². The molecule has 2 heterocycles. The largest absolute Gasteiger partial charge is 0.480 e. The maximum atomic E-state index is 14.0. The Morgan fingerprint density at radius 3 is 2.32 bits per heavy atom. The first-order valence-corrected chi connectivity index (χ1v) is 15.6. The van der Waals surface area contributed by atoms with E-state index in [-0.39, 0.29) is 18.5 Å². The van der Waals surface area contributed by atoms with Crippen LogP contribution in [-0.2, 0) is 24.2 Å². The Morgan fingerprint density at radius 2 is 1.66 bits per heavy atom. The van der Waals surface area contributed by atoms with Crippen molar-refractivity contribution in [2.45, 2.75) is 65.0 Å². The highest BCUT2D eigenvalue weighted by molar-refractivity contribution is 6.30. The number of hydrogen-bond acceptors (Lipinski definition) is 5. The van der Waals surface area contributed by atoms with Gasteiger partial charge in [0.2, 0.25) is 5.95 Å². The van der Waals surface area contributed by atoms with Gasteiger partial charge in [0.05, 0.1) is 17.3 Å². The zero-order valence-corrected chi connectivity index (χ0v) is 26.3. The fourth-order valence-corrected chi connectivity index (χ4v) is 5.86. The molecule has 4 aromatic rings. The molecule has 0 spiro atoms. The Hall–Kier alpha value is -4.23. The third-order valence-corrected chi connectivity index (χ3v) is 8.51. The van der Waals surface area contributed by atoms with Gasteiger partial charge in [-0.25, -0.2) is 9.97 Å². The van der Waals surface area contributed by atoms with E-state index in [0.717, 1.165) is 41.6 Å². The molecular weight excluding hydrogens is 572 g/mol. The number of rotatable bonds is 11. The Labute approximate surface area is 264 Å². The van der Waals surface area contributed by atoms with Gasteiger partial charge < -0.3 is 14.9 Å². The van der Waals surface area contributed by atoms with Crippen molar-refractivity contribution in [3.63, 3.8) is 0 Å². The van der Waals surface area contributed by atoms with Gasteiger partial charge in [0.25, 0.3) is 5.91 Å². The molecule has 1 unspecified atom stereocenters. The minimum atomic E-state index is -1.07. The highest BCUT2D eigenvalue weighted by Crippen LogP contribution is 2.35. The molecule has 1 aliphatic rings. The number of hydrogen-bond donors (Lipinski definition) is 1. The molecule has 5 rings (SSSR count). The van der Waals surface area contributed by atoms with Crippen molar-refractivity contribution in [1.29, 1.82) is 0 Å². The number of nitrogens with zero attached hydrogens (tertiary/aromatic N) is 4. The zero-order valence-electron chi connectivity index (χ0n) is 25.5. The van der Waals surface area contributed by atoms with Crippen LogP contribution in [0.3, 0.4) is 0 Å².